The van der Waals surface area contributed by atoms with E-state index in [1.54, 1.807) is 12.5 Å². The lowest BCUT2D eigenvalue weighted by Crippen LogP contribution is -2.33. The molecule has 1 unspecified atom stereocenters. The van der Waals surface area contributed by atoms with Gasteiger partial charge in [-0.2, -0.15) is 0 Å². The number of fused-ring (bicyclic) bond motifs is 2. The number of aromatic amines is 1. The quantitative estimate of drug-likeness (QED) is 0.329. The molecule has 3 aromatic heterocycles. The van der Waals surface area contributed by atoms with Gasteiger partial charge in [0.05, 0.1) is 17.6 Å². The highest BCUT2D eigenvalue weighted by Crippen LogP contribution is 2.39. The molecule has 0 bridgehead atoms. The van der Waals surface area contributed by atoms with Crippen molar-refractivity contribution < 1.29 is 0 Å². The van der Waals surface area contributed by atoms with Gasteiger partial charge in [-0.3, -0.25) is 0 Å². The van der Waals surface area contributed by atoms with Gasteiger partial charge in [-0.25, -0.2) is 24.9 Å². The van der Waals surface area contributed by atoms with E-state index >= 15 is 0 Å². The molecule has 0 amide bonds. The summed E-state index contributed by atoms with van der Waals surface area (Å²) in [6.45, 7) is 2.05. The van der Waals surface area contributed by atoms with Crippen molar-refractivity contribution in [1.29, 1.82) is 0 Å². The maximum Gasteiger partial charge on any atom is 0.161 e. The summed E-state index contributed by atoms with van der Waals surface area (Å²) in [5.74, 6) is 0.613. The molecule has 5 aromatic rings. The number of nitrogens with two attached hydrogens (primary N) is 1. The molecule has 0 aliphatic carbocycles. The molecule has 10 heteroatoms. The fraction of sp³-hybridized carbons (Fsp3) is 0.0800. The number of hydrogen-bond donors (Lipinski definition) is 3. The highest BCUT2D eigenvalue weighted by molar-refractivity contribution is 6.30. The van der Waals surface area contributed by atoms with Crippen molar-refractivity contribution in [2.45, 2.75) is 13.1 Å². The Hall–Kier alpha value is -4.34. The molecule has 4 N–H and O–H groups in total. The van der Waals surface area contributed by atoms with Crippen LogP contribution in [0.2, 0.25) is 5.02 Å². The second-order valence-electron chi connectivity index (χ2n) is 8.14. The summed E-state index contributed by atoms with van der Waals surface area (Å²) in [5, 5.41) is 4.20. The highest BCUT2D eigenvalue weighted by atomic mass is 35.5. The standard InChI is InChI=1S/C25H20ClN9/c1-14-2-7-18-17(8-9-35(23(18)27)16-5-3-15(26)4-6-16)20(14)34-24-19(10-28-11-31-24)21-22-25(32-12-29-21)33-13-30-22/h2-13,23H,27H2,1H3,(H,28,31,34)(H,29,30,32,33). The van der Waals surface area contributed by atoms with Crippen LogP contribution in [0.25, 0.3) is 28.5 Å². The molecule has 0 spiro atoms. The van der Waals surface area contributed by atoms with Crippen molar-refractivity contribution in [3.05, 3.63) is 89.5 Å². The lowest BCUT2D eigenvalue weighted by Gasteiger charge is -2.33. The summed E-state index contributed by atoms with van der Waals surface area (Å²) in [6, 6.07) is 11.7. The van der Waals surface area contributed by atoms with Gasteiger partial charge in [0, 0.05) is 28.7 Å². The third kappa shape index (κ3) is 3.67. The van der Waals surface area contributed by atoms with Crippen LogP contribution in [0.5, 0.6) is 0 Å². The van der Waals surface area contributed by atoms with Crippen LogP contribution in [0.1, 0.15) is 22.9 Å². The molecule has 35 heavy (non-hydrogen) atoms. The van der Waals surface area contributed by atoms with Crippen molar-refractivity contribution in [3.63, 3.8) is 0 Å². The zero-order valence-corrected chi connectivity index (χ0v) is 19.4. The topological polar surface area (TPSA) is 122 Å². The average Bonchev–Trinajstić information content (AvgIpc) is 3.36. The fourth-order valence-corrected chi connectivity index (χ4v) is 4.41. The summed E-state index contributed by atoms with van der Waals surface area (Å²) in [7, 11) is 0. The molecular weight excluding hydrogens is 462 g/mol. The summed E-state index contributed by atoms with van der Waals surface area (Å²) >= 11 is 6.07. The number of anilines is 3. The number of aromatic nitrogens is 6. The van der Waals surface area contributed by atoms with Crippen molar-refractivity contribution in [2.75, 3.05) is 10.2 Å². The second-order valence-corrected chi connectivity index (χ2v) is 8.57. The first kappa shape index (κ1) is 21.2. The number of benzene rings is 2. The van der Waals surface area contributed by atoms with E-state index in [2.05, 4.69) is 53.4 Å². The maximum absolute atomic E-state index is 6.70. The second kappa shape index (κ2) is 8.46. The van der Waals surface area contributed by atoms with E-state index in [9.17, 15) is 0 Å². The largest absolute Gasteiger partial charge is 0.339 e. The molecule has 2 aromatic carbocycles. The molecule has 1 aliphatic rings. The first-order valence-corrected chi connectivity index (χ1v) is 11.3. The molecule has 1 atom stereocenters. The normalized spacial score (nSPS) is 14.8. The van der Waals surface area contributed by atoms with Crippen LogP contribution < -0.4 is 16.0 Å². The van der Waals surface area contributed by atoms with Crippen LogP contribution in [0.4, 0.5) is 17.2 Å². The minimum absolute atomic E-state index is 0.368. The number of halogens is 1. The van der Waals surface area contributed by atoms with Gasteiger partial charge >= 0.3 is 0 Å². The predicted octanol–water partition coefficient (Wildman–Crippen LogP) is 4.96. The van der Waals surface area contributed by atoms with Gasteiger partial charge < -0.3 is 20.9 Å². The van der Waals surface area contributed by atoms with Crippen LogP contribution >= 0.6 is 11.6 Å². The Morgan fingerprint density at radius 2 is 1.89 bits per heavy atom. The first-order valence-electron chi connectivity index (χ1n) is 10.9. The third-order valence-corrected chi connectivity index (χ3v) is 6.31. The van der Waals surface area contributed by atoms with E-state index in [1.807, 2.05) is 42.3 Å². The zero-order valence-electron chi connectivity index (χ0n) is 18.6. The summed E-state index contributed by atoms with van der Waals surface area (Å²) < 4.78 is 0. The summed E-state index contributed by atoms with van der Waals surface area (Å²) in [5.41, 5.74) is 14.3. The maximum atomic E-state index is 6.70. The van der Waals surface area contributed by atoms with E-state index in [4.69, 9.17) is 17.3 Å². The number of hydrogen-bond acceptors (Lipinski definition) is 8. The molecule has 0 saturated heterocycles. The third-order valence-electron chi connectivity index (χ3n) is 6.06. The molecule has 4 heterocycles. The smallest absolute Gasteiger partial charge is 0.161 e. The Kier molecular flexibility index (Phi) is 5.13. The van der Waals surface area contributed by atoms with Crippen LogP contribution in [0.3, 0.4) is 0 Å². The lowest BCUT2D eigenvalue weighted by atomic mass is 9.95. The van der Waals surface area contributed by atoms with Crippen LogP contribution in [0.15, 0.2) is 67.8 Å². The van der Waals surface area contributed by atoms with Crippen molar-refractivity contribution in [3.8, 4) is 11.3 Å². The minimum atomic E-state index is -0.368. The van der Waals surface area contributed by atoms with Crippen LogP contribution in [-0.4, -0.2) is 29.9 Å². The van der Waals surface area contributed by atoms with Crippen molar-refractivity contribution in [1.82, 2.24) is 29.9 Å². The van der Waals surface area contributed by atoms with E-state index in [1.165, 1.54) is 12.7 Å². The van der Waals surface area contributed by atoms with Crippen LogP contribution in [0, 0.1) is 6.92 Å². The predicted molar refractivity (Wildman–Crippen MR) is 137 cm³/mol. The van der Waals surface area contributed by atoms with E-state index in [0.717, 1.165) is 33.6 Å². The Labute approximate surface area is 205 Å². The summed E-state index contributed by atoms with van der Waals surface area (Å²) in [4.78, 5) is 26.9. The number of rotatable bonds is 4. The molecule has 6 rings (SSSR count). The first-order chi connectivity index (χ1) is 17.1. The SMILES string of the molecule is Cc1ccc2c(c1Nc1ncncc1-c1ncnc3[nH]cnc13)C=CN(c1ccc(Cl)cc1)C2N. The zero-order chi connectivity index (χ0) is 23.9. The van der Waals surface area contributed by atoms with E-state index in [-0.39, 0.29) is 6.17 Å². The Balaban J connectivity index is 1.42. The monoisotopic (exact) mass is 481 g/mol. The Bertz CT molecular complexity index is 1580. The molecule has 172 valence electrons. The molecule has 0 fully saturated rings. The highest BCUT2D eigenvalue weighted by Gasteiger charge is 2.25. The number of H-pyrrole nitrogens is 1. The summed E-state index contributed by atoms with van der Waals surface area (Å²) in [6.07, 6.45) is 9.99. The molecule has 1 aliphatic heterocycles. The molecule has 9 nitrogen and oxygen atoms in total. The fourth-order valence-electron chi connectivity index (χ4n) is 4.29. The molecular formula is C25H20ClN9. The number of nitrogens with zero attached hydrogens (tertiary/aromatic N) is 6. The number of aryl methyl sites for hydroxylation is 1. The van der Waals surface area contributed by atoms with E-state index < -0.39 is 0 Å². The van der Waals surface area contributed by atoms with Gasteiger partial charge in [0.2, 0.25) is 0 Å². The van der Waals surface area contributed by atoms with Crippen molar-refractivity contribution in [2.24, 2.45) is 5.73 Å². The number of nitrogens with one attached hydrogen (secondary N) is 2. The van der Waals surface area contributed by atoms with Gasteiger partial charge in [0.1, 0.15) is 35.8 Å². The van der Waals surface area contributed by atoms with Crippen molar-refractivity contribution >= 4 is 46.0 Å². The Morgan fingerprint density at radius 3 is 2.74 bits per heavy atom. The lowest BCUT2D eigenvalue weighted by molar-refractivity contribution is 0.722. The van der Waals surface area contributed by atoms with Gasteiger partial charge in [0.25, 0.3) is 0 Å². The minimum Gasteiger partial charge on any atom is -0.339 e. The Morgan fingerprint density at radius 1 is 1.03 bits per heavy atom. The number of imidazole rings is 1. The molecule has 0 saturated carbocycles. The van der Waals surface area contributed by atoms with Gasteiger partial charge in [-0.05, 0) is 48.4 Å². The van der Waals surface area contributed by atoms with Gasteiger partial charge in [-0.15, -0.1) is 0 Å². The molecule has 0 radical (unpaired) electrons. The van der Waals surface area contributed by atoms with Gasteiger partial charge in [0.15, 0.2) is 5.65 Å². The van der Waals surface area contributed by atoms with Gasteiger partial charge in [-0.1, -0.05) is 23.7 Å². The van der Waals surface area contributed by atoms with Crippen LogP contribution in [-0.2, 0) is 0 Å². The van der Waals surface area contributed by atoms with E-state index in [0.29, 0.717) is 27.7 Å². The average molecular weight is 482 g/mol.